The molecule has 1 aliphatic rings. The predicted octanol–water partition coefficient (Wildman–Crippen LogP) is 2.30. The zero-order valence-electron chi connectivity index (χ0n) is 17.1. The van der Waals surface area contributed by atoms with Gasteiger partial charge in [0.05, 0.1) is 13.2 Å². The number of nitrogens with zero attached hydrogens (tertiary/aromatic N) is 3. The van der Waals surface area contributed by atoms with Gasteiger partial charge in [-0.25, -0.2) is 4.68 Å². The van der Waals surface area contributed by atoms with Gasteiger partial charge in [-0.15, -0.1) is 0 Å². The Morgan fingerprint density at radius 1 is 1.00 bits per heavy atom. The summed E-state index contributed by atoms with van der Waals surface area (Å²) in [5, 5.41) is 7.13. The SMILES string of the molecule is O=C(Cn1nc(N2CCOCC2)ccc1=O)Nc1ccc(OCc2ccccc2)cc1. The largest absolute Gasteiger partial charge is 0.489 e. The summed E-state index contributed by atoms with van der Waals surface area (Å²) in [6.07, 6.45) is 0. The van der Waals surface area contributed by atoms with Crippen LogP contribution >= 0.6 is 0 Å². The molecule has 1 saturated heterocycles. The van der Waals surface area contributed by atoms with Gasteiger partial charge in [0.1, 0.15) is 24.7 Å². The molecule has 0 spiro atoms. The summed E-state index contributed by atoms with van der Waals surface area (Å²) < 4.78 is 12.3. The number of hydrogen-bond donors (Lipinski definition) is 1. The first-order valence-electron chi connectivity index (χ1n) is 10.1. The molecule has 31 heavy (non-hydrogen) atoms. The van der Waals surface area contributed by atoms with Crippen molar-refractivity contribution >= 4 is 17.4 Å². The lowest BCUT2D eigenvalue weighted by atomic mass is 10.2. The second kappa shape index (κ2) is 9.90. The van der Waals surface area contributed by atoms with Crippen LogP contribution in [0.4, 0.5) is 11.5 Å². The summed E-state index contributed by atoms with van der Waals surface area (Å²) in [6.45, 7) is 2.95. The molecule has 8 nitrogen and oxygen atoms in total. The van der Waals surface area contributed by atoms with Gasteiger partial charge < -0.3 is 19.7 Å². The summed E-state index contributed by atoms with van der Waals surface area (Å²) in [6, 6.07) is 20.1. The highest BCUT2D eigenvalue weighted by Crippen LogP contribution is 2.17. The van der Waals surface area contributed by atoms with Crippen molar-refractivity contribution in [3.63, 3.8) is 0 Å². The molecule has 160 valence electrons. The first-order chi connectivity index (χ1) is 15.2. The molecule has 4 rings (SSSR count). The van der Waals surface area contributed by atoms with E-state index in [1.165, 1.54) is 10.7 Å². The summed E-state index contributed by atoms with van der Waals surface area (Å²) >= 11 is 0. The van der Waals surface area contributed by atoms with Crippen molar-refractivity contribution < 1.29 is 14.3 Å². The zero-order chi connectivity index (χ0) is 21.5. The first-order valence-corrected chi connectivity index (χ1v) is 10.1. The van der Waals surface area contributed by atoms with Gasteiger partial charge in [0.15, 0.2) is 0 Å². The van der Waals surface area contributed by atoms with Crippen LogP contribution in [0.5, 0.6) is 5.75 Å². The van der Waals surface area contributed by atoms with Crippen molar-refractivity contribution in [1.82, 2.24) is 9.78 Å². The van der Waals surface area contributed by atoms with E-state index in [0.717, 1.165) is 5.56 Å². The average molecular weight is 420 g/mol. The predicted molar refractivity (Wildman–Crippen MR) is 117 cm³/mol. The van der Waals surface area contributed by atoms with E-state index in [0.29, 0.717) is 50.2 Å². The molecular formula is C23H24N4O4. The maximum atomic E-state index is 12.4. The van der Waals surface area contributed by atoms with Crippen molar-refractivity contribution in [1.29, 1.82) is 0 Å². The minimum Gasteiger partial charge on any atom is -0.489 e. The molecule has 0 saturated carbocycles. The van der Waals surface area contributed by atoms with E-state index in [1.54, 1.807) is 30.3 Å². The van der Waals surface area contributed by atoms with Crippen LogP contribution in [-0.2, 0) is 22.7 Å². The Hall–Kier alpha value is -3.65. The smallest absolute Gasteiger partial charge is 0.267 e. The van der Waals surface area contributed by atoms with Crippen LogP contribution in [0, 0.1) is 0 Å². The number of benzene rings is 2. The van der Waals surface area contributed by atoms with Crippen molar-refractivity contribution in [2.75, 3.05) is 36.5 Å². The van der Waals surface area contributed by atoms with Crippen molar-refractivity contribution in [3.05, 3.63) is 82.6 Å². The third-order valence-electron chi connectivity index (χ3n) is 4.87. The molecule has 2 heterocycles. The maximum Gasteiger partial charge on any atom is 0.267 e. The van der Waals surface area contributed by atoms with Gasteiger partial charge in [0, 0.05) is 24.8 Å². The Morgan fingerprint density at radius 3 is 2.48 bits per heavy atom. The average Bonchev–Trinajstić information content (AvgIpc) is 2.81. The molecule has 1 aliphatic heterocycles. The molecule has 3 aromatic rings. The Morgan fingerprint density at radius 2 is 1.74 bits per heavy atom. The van der Waals surface area contributed by atoms with Gasteiger partial charge in [-0.3, -0.25) is 9.59 Å². The Bertz CT molecular complexity index is 1060. The number of aromatic nitrogens is 2. The fourth-order valence-corrected chi connectivity index (χ4v) is 3.22. The molecule has 1 amide bonds. The van der Waals surface area contributed by atoms with Gasteiger partial charge in [0.25, 0.3) is 5.56 Å². The van der Waals surface area contributed by atoms with Crippen molar-refractivity contribution in [2.24, 2.45) is 0 Å². The number of morpholine rings is 1. The van der Waals surface area contributed by atoms with Crippen LogP contribution in [-0.4, -0.2) is 42.0 Å². The second-order valence-corrected chi connectivity index (χ2v) is 7.13. The van der Waals surface area contributed by atoms with E-state index in [-0.39, 0.29) is 18.0 Å². The van der Waals surface area contributed by atoms with E-state index in [2.05, 4.69) is 10.4 Å². The number of anilines is 2. The first kappa shape index (κ1) is 20.6. The van der Waals surface area contributed by atoms with Crippen LogP contribution in [0.15, 0.2) is 71.5 Å². The summed E-state index contributed by atoms with van der Waals surface area (Å²) in [5.74, 6) is 1.04. The molecule has 1 fully saturated rings. The number of nitrogens with one attached hydrogen (secondary N) is 1. The Kier molecular flexibility index (Phi) is 6.59. The highest BCUT2D eigenvalue weighted by molar-refractivity contribution is 5.90. The lowest BCUT2D eigenvalue weighted by molar-refractivity contribution is -0.117. The lowest BCUT2D eigenvalue weighted by Gasteiger charge is -2.27. The van der Waals surface area contributed by atoms with Gasteiger partial charge in [-0.2, -0.15) is 5.10 Å². The molecule has 0 radical (unpaired) electrons. The minimum absolute atomic E-state index is 0.163. The van der Waals surface area contributed by atoms with Crippen LogP contribution in [0.25, 0.3) is 0 Å². The number of rotatable bonds is 7. The van der Waals surface area contributed by atoms with Crippen molar-refractivity contribution in [2.45, 2.75) is 13.2 Å². The number of hydrogen-bond acceptors (Lipinski definition) is 6. The standard InChI is InChI=1S/C23H24N4O4/c28-22(16-27-23(29)11-10-21(25-27)26-12-14-30-15-13-26)24-19-6-8-20(9-7-19)31-17-18-4-2-1-3-5-18/h1-11H,12-17H2,(H,24,28). The quantitative estimate of drug-likeness (QED) is 0.631. The monoisotopic (exact) mass is 420 g/mol. The van der Waals surface area contributed by atoms with E-state index < -0.39 is 0 Å². The van der Waals surface area contributed by atoms with E-state index in [9.17, 15) is 9.59 Å². The summed E-state index contributed by atoms with van der Waals surface area (Å²) in [7, 11) is 0. The zero-order valence-corrected chi connectivity index (χ0v) is 17.1. The number of ether oxygens (including phenoxy) is 2. The van der Waals surface area contributed by atoms with Gasteiger partial charge in [-0.05, 0) is 35.9 Å². The molecule has 1 aromatic heterocycles. The Labute approximate surface area is 180 Å². The molecule has 0 aliphatic carbocycles. The van der Waals surface area contributed by atoms with Crippen molar-refractivity contribution in [3.8, 4) is 5.75 Å². The molecular weight excluding hydrogens is 396 g/mol. The number of carbonyl (C=O) groups is 1. The van der Waals surface area contributed by atoms with E-state index in [4.69, 9.17) is 9.47 Å². The summed E-state index contributed by atoms with van der Waals surface area (Å²) in [5.41, 5.74) is 1.38. The fourth-order valence-electron chi connectivity index (χ4n) is 3.22. The lowest BCUT2D eigenvalue weighted by Crippen LogP contribution is -2.38. The molecule has 0 bridgehead atoms. The molecule has 0 atom stereocenters. The molecule has 8 heteroatoms. The Balaban J connectivity index is 1.33. The molecule has 0 unspecified atom stereocenters. The molecule has 2 aromatic carbocycles. The minimum atomic E-state index is -0.327. The number of carbonyl (C=O) groups excluding carboxylic acids is 1. The highest BCUT2D eigenvalue weighted by Gasteiger charge is 2.14. The van der Waals surface area contributed by atoms with Crippen LogP contribution in [0.2, 0.25) is 0 Å². The third kappa shape index (κ3) is 5.70. The second-order valence-electron chi connectivity index (χ2n) is 7.13. The topological polar surface area (TPSA) is 85.7 Å². The fraction of sp³-hybridized carbons (Fsp3) is 0.261. The van der Waals surface area contributed by atoms with Gasteiger partial charge in [0.2, 0.25) is 5.91 Å². The van der Waals surface area contributed by atoms with E-state index in [1.807, 2.05) is 35.2 Å². The van der Waals surface area contributed by atoms with Crippen LogP contribution in [0.3, 0.4) is 0 Å². The van der Waals surface area contributed by atoms with Crippen LogP contribution in [0.1, 0.15) is 5.56 Å². The van der Waals surface area contributed by atoms with E-state index >= 15 is 0 Å². The highest BCUT2D eigenvalue weighted by atomic mass is 16.5. The maximum absolute atomic E-state index is 12.4. The molecule has 1 N–H and O–H groups in total. The normalized spacial score (nSPS) is 13.6. The summed E-state index contributed by atoms with van der Waals surface area (Å²) in [4.78, 5) is 26.6. The number of amides is 1. The van der Waals surface area contributed by atoms with Crippen LogP contribution < -0.4 is 20.5 Å². The third-order valence-corrected chi connectivity index (χ3v) is 4.87. The van der Waals surface area contributed by atoms with Gasteiger partial charge >= 0.3 is 0 Å². The van der Waals surface area contributed by atoms with Gasteiger partial charge in [-0.1, -0.05) is 30.3 Å².